The van der Waals surface area contributed by atoms with Crippen LogP contribution in [0.5, 0.6) is 0 Å². The van der Waals surface area contributed by atoms with Gasteiger partial charge >= 0.3 is 5.82 Å². The molecule has 1 N–H and O–H groups in total. The SMILES string of the molecule is CCN(c1ccc(NC(=O)Cn2cnc([N+](=O)[O-])c2)cc1)C(C)C. The maximum atomic E-state index is 12.0. The predicted molar refractivity (Wildman–Crippen MR) is 92.1 cm³/mol. The highest BCUT2D eigenvalue weighted by atomic mass is 16.6. The molecule has 1 aromatic carbocycles. The average molecular weight is 331 g/mol. The zero-order valence-corrected chi connectivity index (χ0v) is 14.0. The van der Waals surface area contributed by atoms with E-state index in [4.69, 9.17) is 0 Å². The molecule has 8 heteroatoms. The van der Waals surface area contributed by atoms with E-state index in [1.54, 1.807) is 0 Å². The van der Waals surface area contributed by atoms with Crippen molar-refractivity contribution >= 4 is 23.1 Å². The number of nitrogens with one attached hydrogen (secondary N) is 1. The number of hydrogen-bond acceptors (Lipinski definition) is 5. The molecule has 0 saturated heterocycles. The minimum Gasteiger partial charge on any atom is -0.369 e. The lowest BCUT2D eigenvalue weighted by atomic mass is 10.2. The smallest absolute Gasteiger partial charge is 0.369 e. The number of nitrogens with zero attached hydrogens (tertiary/aromatic N) is 4. The Balaban J connectivity index is 1.97. The van der Waals surface area contributed by atoms with Crippen molar-refractivity contribution < 1.29 is 9.72 Å². The fraction of sp³-hybridized carbons (Fsp3) is 0.375. The summed E-state index contributed by atoms with van der Waals surface area (Å²) in [4.78, 5) is 27.8. The van der Waals surface area contributed by atoms with Crippen LogP contribution in [0, 0.1) is 10.1 Å². The molecule has 0 aliphatic carbocycles. The number of rotatable bonds is 7. The molecule has 1 amide bonds. The molecule has 24 heavy (non-hydrogen) atoms. The van der Waals surface area contributed by atoms with Gasteiger partial charge in [-0.15, -0.1) is 0 Å². The van der Waals surface area contributed by atoms with Gasteiger partial charge in [0, 0.05) is 24.0 Å². The summed E-state index contributed by atoms with van der Waals surface area (Å²) in [6.45, 7) is 7.23. The van der Waals surface area contributed by atoms with Gasteiger partial charge in [0.25, 0.3) is 0 Å². The third kappa shape index (κ3) is 4.31. The number of benzene rings is 1. The molecule has 0 radical (unpaired) electrons. The Morgan fingerprint density at radius 1 is 1.38 bits per heavy atom. The van der Waals surface area contributed by atoms with E-state index in [2.05, 4.69) is 36.0 Å². The largest absolute Gasteiger partial charge is 0.381 e. The Hall–Kier alpha value is -2.90. The number of carbonyl (C=O) groups excluding carboxylic acids is 1. The van der Waals surface area contributed by atoms with Crippen molar-refractivity contribution in [3.05, 3.63) is 46.9 Å². The second kappa shape index (κ2) is 7.58. The van der Waals surface area contributed by atoms with Crippen molar-refractivity contribution in [3.8, 4) is 0 Å². The summed E-state index contributed by atoms with van der Waals surface area (Å²) < 4.78 is 1.37. The molecule has 128 valence electrons. The topological polar surface area (TPSA) is 93.3 Å². The number of anilines is 2. The first-order chi connectivity index (χ1) is 11.4. The van der Waals surface area contributed by atoms with Gasteiger partial charge in [0.1, 0.15) is 12.7 Å². The Bertz CT molecular complexity index is 709. The van der Waals surface area contributed by atoms with Gasteiger partial charge in [-0.05, 0) is 54.9 Å². The van der Waals surface area contributed by atoms with Crippen LogP contribution in [0.4, 0.5) is 17.2 Å². The van der Waals surface area contributed by atoms with Crippen LogP contribution in [0.2, 0.25) is 0 Å². The summed E-state index contributed by atoms with van der Waals surface area (Å²) in [5, 5.41) is 13.3. The lowest BCUT2D eigenvalue weighted by Gasteiger charge is -2.27. The van der Waals surface area contributed by atoms with Crippen molar-refractivity contribution in [2.75, 3.05) is 16.8 Å². The molecule has 0 fully saturated rings. The Kier molecular flexibility index (Phi) is 5.51. The number of hydrogen-bond donors (Lipinski definition) is 1. The van der Waals surface area contributed by atoms with Crippen molar-refractivity contribution in [1.82, 2.24) is 9.55 Å². The standard InChI is InChI=1S/C16H21N5O3/c1-4-20(12(2)3)14-7-5-13(6-8-14)18-16(22)10-19-9-15(17-11-19)21(23)24/h5-9,11-12H,4,10H2,1-3H3,(H,18,22). The molecule has 1 heterocycles. The maximum Gasteiger partial charge on any atom is 0.381 e. The zero-order chi connectivity index (χ0) is 17.7. The molecule has 2 aromatic rings. The first-order valence-corrected chi connectivity index (χ1v) is 7.73. The lowest BCUT2D eigenvalue weighted by Crippen LogP contribution is -2.30. The average Bonchev–Trinajstić information content (AvgIpc) is 2.98. The predicted octanol–water partition coefficient (Wildman–Crippen LogP) is 2.66. The van der Waals surface area contributed by atoms with Gasteiger partial charge in [0.2, 0.25) is 12.2 Å². The molecule has 0 atom stereocenters. The third-order valence-corrected chi connectivity index (χ3v) is 3.58. The normalized spacial score (nSPS) is 10.7. The van der Waals surface area contributed by atoms with Crippen molar-refractivity contribution in [2.45, 2.75) is 33.4 Å². The van der Waals surface area contributed by atoms with E-state index in [1.807, 2.05) is 24.3 Å². The molecule has 0 bridgehead atoms. The van der Waals surface area contributed by atoms with Crippen LogP contribution in [0.1, 0.15) is 20.8 Å². The summed E-state index contributed by atoms with van der Waals surface area (Å²) in [5.41, 5.74) is 1.77. The van der Waals surface area contributed by atoms with E-state index < -0.39 is 4.92 Å². The van der Waals surface area contributed by atoms with Gasteiger partial charge < -0.3 is 24.9 Å². The molecule has 0 saturated carbocycles. The first-order valence-electron chi connectivity index (χ1n) is 7.73. The highest BCUT2D eigenvalue weighted by Crippen LogP contribution is 2.20. The van der Waals surface area contributed by atoms with E-state index in [-0.39, 0.29) is 18.3 Å². The molecule has 1 aromatic heterocycles. The maximum absolute atomic E-state index is 12.0. The van der Waals surface area contributed by atoms with Crippen LogP contribution in [0.15, 0.2) is 36.8 Å². The molecule has 0 aliphatic heterocycles. The molecular formula is C16H21N5O3. The molecule has 2 rings (SSSR count). The fourth-order valence-electron chi connectivity index (χ4n) is 2.48. The van der Waals surface area contributed by atoms with Crippen molar-refractivity contribution in [2.24, 2.45) is 0 Å². The Morgan fingerprint density at radius 3 is 2.54 bits per heavy atom. The number of carbonyl (C=O) groups is 1. The summed E-state index contributed by atoms with van der Waals surface area (Å²) in [5.74, 6) is -0.549. The molecule has 0 spiro atoms. The third-order valence-electron chi connectivity index (χ3n) is 3.58. The highest BCUT2D eigenvalue weighted by molar-refractivity contribution is 5.90. The van der Waals surface area contributed by atoms with Crippen molar-refractivity contribution in [3.63, 3.8) is 0 Å². The zero-order valence-electron chi connectivity index (χ0n) is 14.0. The minimum atomic E-state index is -0.596. The monoisotopic (exact) mass is 331 g/mol. The number of aromatic nitrogens is 2. The molecule has 0 aliphatic rings. The Morgan fingerprint density at radius 2 is 2.04 bits per heavy atom. The Labute approximate surface area is 140 Å². The van der Waals surface area contributed by atoms with Crippen LogP contribution >= 0.6 is 0 Å². The fourth-order valence-corrected chi connectivity index (χ4v) is 2.48. The first kappa shape index (κ1) is 17.5. The summed E-state index contributed by atoms with van der Waals surface area (Å²) in [7, 11) is 0. The van der Waals surface area contributed by atoms with E-state index in [0.29, 0.717) is 11.7 Å². The van der Waals surface area contributed by atoms with Crippen LogP contribution in [0.3, 0.4) is 0 Å². The van der Waals surface area contributed by atoms with Crippen LogP contribution in [-0.4, -0.2) is 33.0 Å². The number of imidazole rings is 1. The van der Waals surface area contributed by atoms with E-state index in [1.165, 1.54) is 17.1 Å². The summed E-state index contributed by atoms with van der Waals surface area (Å²) in [6.07, 6.45) is 2.49. The van der Waals surface area contributed by atoms with Gasteiger partial charge in [-0.25, -0.2) is 0 Å². The van der Waals surface area contributed by atoms with Gasteiger partial charge in [0.15, 0.2) is 0 Å². The molecule has 0 unspecified atom stereocenters. The highest BCUT2D eigenvalue weighted by Gasteiger charge is 2.12. The molecule has 8 nitrogen and oxygen atoms in total. The van der Waals surface area contributed by atoms with Gasteiger partial charge in [-0.2, -0.15) is 0 Å². The summed E-state index contributed by atoms with van der Waals surface area (Å²) >= 11 is 0. The lowest BCUT2D eigenvalue weighted by molar-refractivity contribution is -0.389. The van der Waals surface area contributed by atoms with Gasteiger partial charge in [0.05, 0.1) is 0 Å². The van der Waals surface area contributed by atoms with Gasteiger partial charge in [-0.1, -0.05) is 0 Å². The van der Waals surface area contributed by atoms with Crippen LogP contribution < -0.4 is 10.2 Å². The second-order valence-corrected chi connectivity index (χ2v) is 5.64. The number of nitro groups is 1. The minimum absolute atomic E-state index is 0.0321. The van der Waals surface area contributed by atoms with E-state index >= 15 is 0 Å². The van der Waals surface area contributed by atoms with Crippen LogP contribution in [-0.2, 0) is 11.3 Å². The summed E-state index contributed by atoms with van der Waals surface area (Å²) in [6, 6.07) is 8.00. The quantitative estimate of drug-likeness (QED) is 0.622. The van der Waals surface area contributed by atoms with E-state index in [9.17, 15) is 14.9 Å². The van der Waals surface area contributed by atoms with Crippen LogP contribution in [0.25, 0.3) is 0 Å². The van der Waals surface area contributed by atoms with Gasteiger partial charge in [-0.3, -0.25) is 4.79 Å². The van der Waals surface area contributed by atoms with E-state index in [0.717, 1.165) is 12.2 Å². The molecular weight excluding hydrogens is 310 g/mol. The number of amides is 1. The van der Waals surface area contributed by atoms with Crippen molar-refractivity contribution in [1.29, 1.82) is 0 Å². The second-order valence-electron chi connectivity index (χ2n) is 5.64.